The summed E-state index contributed by atoms with van der Waals surface area (Å²) < 4.78 is 4.71. The Hall–Kier alpha value is -1.80. The Bertz CT molecular complexity index is 832. The zero-order chi connectivity index (χ0) is 25.9. The summed E-state index contributed by atoms with van der Waals surface area (Å²) in [6, 6.07) is -1.24. The maximum absolute atomic E-state index is 14.3. The fraction of sp³-hybridized carbons (Fsp3) is 0.741. The van der Waals surface area contributed by atoms with Gasteiger partial charge in [-0.1, -0.05) is 59.3 Å². The van der Waals surface area contributed by atoms with Gasteiger partial charge in [-0.3, -0.25) is 14.4 Å². The summed E-state index contributed by atoms with van der Waals surface area (Å²) in [7, 11) is 0. The van der Waals surface area contributed by atoms with Crippen molar-refractivity contribution in [2.24, 2.45) is 23.7 Å². The van der Waals surface area contributed by atoms with Crippen LogP contribution in [0.4, 0.5) is 0 Å². The summed E-state index contributed by atoms with van der Waals surface area (Å²) in [5.41, 5.74) is 0. The van der Waals surface area contributed by atoms with E-state index in [9.17, 15) is 19.5 Å². The standard InChI is InChI=1S/C27H42N2O5S/c1-7-10-11-13-28(12-8-2)25(32)23-27-18(6)15-20(35-27)21(26(33)34-14-9-3)22(27)24(31)29(23)19(16-30)17(4)5/h8-9,17-23,30H,2-3,7,10-16H2,1,4-6H3/t18?,19-,20-,21+,22-,23?,27?/m0/s1. The topological polar surface area (TPSA) is 87.2 Å². The normalized spacial score (nSPS) is 32.0. The minimum atomic E-state index is -0.733. The SMILES string of the molecule is C=CCOC(=O)[C@@H]1[C@@H]2CC(C)C3(S2)C(C(=O)N(CC=C)CCCCC)N([C@@H](CO)C(C)C)C(=O)[C@H]13. The highest BCUT2D eigenvalue weighted by Gasteiger charge is 2.77. The second kappa shape index (κ2) is 11.5. The third-order valence-electron chi connectivity index (χ3n) is 8.04. The molecule has 3 aliphatic rings. The van der Waals surface area contributed by atoms with Gasteiger partial charge in [-0.25, -0.2) is 0 Å². The van der Waals surface area contributed by atoms with Gasteiger partial charge in [0.25, 0.3) is 0 Å². The van der Waals surface area contributed by atoms with Gasteiger partial charge in [0.1, 0.15) is 12.6 Å². The number of likely N-dealkylation sites (tertiary alicyclic amines) is 1. The van der Waals surface area contributed by atoms with E-state index in [-0.39, 0.29) is 42.1 Å². The first kappa shape index (κ1) is 27.8. The van der Waals surface area contributed by atoms with Gasteiger partial charge in [-0.15, -0.1) is 18.3 Å². The molecule has 2 amide bonds. The summed E-state index contributed by atoms with van der Waals surface area (Å²) in [5.74, 6) is -1.91. The lowest BCUT2D eigenvalue weighted by Crippen LogP contribution is -2.60. The first-order chi connectivity index (χ1) is 16.7. The van der Waals surface area contributed by atoms with Crippen molar-refractivity contribution in [3.8, 4) is 0 Å². The Kier molecular flexibility index (Phi) is 9.13. The monoisotopic (exact) mass is 506 g/mol. The van der Waals surface area contributed by atoms with Crippen molar-refractivity contribution < 1.29 is 24.2 Å². The molecule has 0 aliphatic carbocycles. The number of rotatable bonds is 13. The van der Waals surface area contributed by atoms with E-state index in [0.717, 1.165) is 25.7 Å². The molecule has 0 aromatic heterocycles. The molecular formula is C27H42N2O5S. The lowest BCUT2D eigenvalue weighted by molar-refractivity contribution is -0.154. The number of aliphatic hydroxyl groups excluding tert-OH is 1. The highest BCUT2D eigenvalue weighted by molar-refractivity contribution is 8.02. The summed E-state index contributed by atoms with van der Waals surface area (Å²) in [4.78, 5) is 45.1. The van der Waals surface area contributed by atoms with Gasteiger partial charge in [0, 0.05) is 18.3 Å². The highest BCUT2D eigenvalue weighted by Crippen LogP contribution is 2.69. The Morgan fingerprint density at radius 1 is 1.31 bits per heavy atom. The Morgan fingerprint density at radius 2 is 2.03 bits per heavy atom. The molecule has 7 nitrogen and oxygen atoms in total. The van der Waals surface area contributed by atoms with E-state index < -0.39 is 34.6 Å². The van der Waals surface area contributed by atoms with Crippen LogP contribution in [0.2, 0.25) is 0 Å². The lowest BCUT2D eigenvalue weighted by atomic mass is 9.66. The first-order valence-electron chi connectivity index (χ1n) is 13.0. The zero-order valence-electron chi connectivity index (χ0n) is 21.7. The number of ether oxygens (including phenoxy) is 1. The highest BCUT2D eigenvalue weighted by atomic mass is 32.2. The molecule has 3 rings (SSSR count). The molecule has 3 heterocycles. The van der Waals surface area contributed by atoms with E-state index in [4.69, 9.17) is 4.74 Å². The predicted molar refractivity (Wildman–Crippen MR) is 139 cm³/mol. The minimum Gasteiger partial charge on any atom is -0.461 e. The zero-order valence-corrected chi connectivity index (χ0v) is 22.5. The Balaban J connectivity index is 2.09. The fourth-order valence-electron chi connectivity index (χ4n) is 6.39. The number of fused-ring (bicyclic) bond motifs is 1. The lowest BCUT2D eigenvalue weighted by Gasteiger charge is -2.42. The number of amides is 2. The number of hydrogen-bond donors (Lipinski definition) is 1. The van der Waals surface area contributed by atoms with Crippen molar-refractivity contribution in [1.29, 1.82) is 0 Å². The molecule has 35 heavy (non-hydrogen) atoms. The molecule has 196 valence electrons. The predicted octanol–water partition coefficient (Wildman–Crippen LogP) is 3.27. The largest absolute Gasteiger partial charge is 0.461 e. The van der Waals surface area contributed by atoms with Crippen LogP contribution >= 0.6 is 11.8 Å². The molecule has 1 N–H and O–H groups in total. The molecule has 0 aromatic rings. The summed E-state index contributed by atoms with van der Waals surface area (Å²) in [6.07, 6.45) is 6.93. The van der Waals surface area contributed by atoms with Crippen LogP contribution < -0.4 is 0 Å². The molecule has 8 heteroatoms. The molecule has 0 radical (unpaired) electrons. The number of carbonyl (C=O) groups is 3. The molecule has 1 spiro atoms. The second-order valence-electron chi connectivity index (χ2n) is 10.5. The van der Waals surface area contributed by atoms with Crippen molar-refractivity contribution in [3.63, 3.8) is 0 Å². The molecule has 0 saturated carbocycles. The number of nitrogens with zero attached hydrogens (tertiary/aromatic N) is 2. The number of unbranched alkanes of at least 4 members (excludes halogenated alkanes) is 2. The van der Waals surface area contributed by atoms with E-state index in [1.54, 1.807) is 22.7 Å². The second-order valence-corrected chi connectivity index (χ2v) is 12.0. The minimum absolute atomic E-state index is 0.0499. The van der Waals surface area contributed by atoms with Crippen LogP contribution in [0.15, 0.2) is 25.3 Å². The van der Waals surface area contributed by atoms with Crippen LogP contribution in [0, 0.1) is 23.7 Å². The summed E-state index contributed by atoms with van der Waals surface area (Å²) in [6.45, 7) is 16.5. The van der Waals surface area contributed by atoms with Crippen LogP contribution in [0.1, 0.15) is 53.4 Å². The van der Waals surface area contributed by atoms with Gasteiger partial charge in [0.15, 0.2) is 0 Å². The quantitative estimate of drug-likeness (QED) is 0.234. The molecule has 3 fully saturated rings. The van der Waals surface area contributed by atoms with E-state index in [1.165, 1.54) is 6.08 Å². The van der Waals surface area contributed by atoms with Gasteiger partial charge < -0.3 is 19.6 Å². The van der Waals surface area contributed by atoms with Crippen molar-refractivity contribution in [1.82, 2.24) is 9.80 Å². The molecule has 0 aromatic carbocycles. The number of aliphatic hydroxyl groups is 1. The van der Waals surface area contributed by atoms with Gasteiger partial charge in [0.05, 0.1) is 29.2 Å². The molecule has 2 bridgehead atoms. The van der Waals surface area contributed by atoms with Crippen LogP contribution in [0.5, 0.6) is 0 Å². The Labute approximate surface area is 214 Å². The molecule has 3 unspecified atom stereocenters. The smallest absolute Gasteiger partial charge is 0.311 e. The number of hydrogen-bond acceptors (Lipinski definition) is 6. The van der Waals surface area contributed by atoms with E-state index in [1.807, 2.05) is 18.7 Å². The molecular weight excluding hydrogens is 464 g/mol. The van der Waals surface area contributed by atoms with Gasteiger partial charge >= 0.3 is 5.97 Å². The average molecular weight is 507 g/mol. The molecule has 7 atom stereocenters. The molecule has 3 aliphatic heterocycles. The van der Waals surface area contributed by atoms with Gasteiger partial charge in [-0.2, -0.15) is 0 Å². The van der Waals surface area contributed by atoms with E-state index in [2.05, 4.69) is 27.0 Å². The Morgan fingerprint density at radius 3 is 2.60 bits per heavy atom. The summed E-state index contributed by atoms with van der Waals surface area (Å²) >= 11 is 1.63. The van der Waals surface area contributed by atoms with Crippen molar-refractivity contribution in [2.45, 2.75) is 75.5 Å². The first-order valence-corrected chi connectivity index (χ1v) is 13.9. The van der Waals surface area contributed by atoms with Crippen LogP contribution in [0.3, 0.4) is 0 Å². The van der Waals surface area contributed by atoms with Crippen LogP contribution in [-0.2, 0) is 19.1 Å². The summed E-state index contributed by atoms with van der Waals surface area (Å²) in [5, 5.41) is 10.3. The van der Waals surface area contributed by atoms with Crippen molar-refractivity contribution in [3.05, 3.63) is 25.3 Å². The molecule has 3 saturated heterocycles. The number of carbonyl (C=O) groups excluding carboxylic acids is 3. The average Bonchev–Trinajstić information content (AvgIpc) is 3.41. The van der Waals surface area contributed by atoms with E-state index in [0.29, 0.717) is 13.1 Å². The van der Waals surface area contributed by atoms with Crippen molar-refractivity contribution in [2.75, 3.05) is 26.3 Å². The maximum Gasteiger partial charge on any atom is 0.311 e. The van der Waals surface area contributed by atoms with Crippen LogP contribution in [0.25, 0.3) is 0 Å². The van der Waals surface area contributed by atoms with Gasteiger partial charge in [0.2, 0.25) is 11.8 Å². The van der Waals surface area contributed by atoms with Crippen LogP contribution in [-0.4, -0.2) is 81.1 Å². The van der Waals surface area contributed by atoms with E-state index >= 15 is 0 Å². The number of esters is 1. The fourth-order valence-corrected chi connectivity index (χ4v) is 8.78. The third kappa shape index (κ3) is 4.68. The number of thioether (sulfide) groups is 1. The third-order valence-corrected chi connectivity index (χ3v) is 10.1. The van der Waals surface area contributed by atoms with Gasteiger partial charge in [-0.05, 0) is 24.7 Å². The maximum atomic E-state index is 14.3. The van der Waals surface area contributed by atoms with Crippen molar-refractivity contribution >= 4 is 29.5 Å².